The molecule has 19 heavy (non-hydrogen) atoms. The molecule has 0 saturated carbocycles. The molecule has 0 radical (unpaired) electrons. The van der Waals surface area contributed by atoms with Gasteiger partial charge in [0.2, 0.25) is 0 Å². The maximum Gasteiger partial charge on any atom is 0.166 e. The van der Waals surface area contributed by atoms with Crippen LogP contribution in [0, 0.1) is 6.92 Å². The maximum absolute atomic E-state index is 5.89. The lowest BCUT2D eigenvalue weighted by Gasteiger charge is -2.14. The number of ether oxygens (including phenoxy) is 2. The molecule has 0 aliphatic rings. The molecule has 2 aromatic carbocycles. The van der Waals surface area contributed by atoms with Gasteiger partial charge in [-0.15, -0.1) is 0 Å². The van der Waals surface area contributed by atoms with Gasteiger partial charge in [0, 0.05) is 12.1 Å². The van der Waals surface area contributed by atoms with E-state index < -0.39 is 0 Å². The van der Waals surface area contributed by atoms with Crippen molar-refractivity contribution in [2.24, 2.45) is 5.73 Å². The Hall–Kier alpha value is -2.00. The number of hydrogen-bond acceptors (Lipinski definition) is 3. The molecule has 0 fully saturated rings. The summed E-state index contributed by atoms with van der Waals surface area (Å²) in [5.74, 6) is 1.45. The van der Waals surface area contributed by atoms with Crippen molar-refractivity contribution >= 4 is 0 Å². The molecule has 0 aliphatic carbocycles. The van der Waals surface area contributed by atoms with Crippen LogP contribution in [-0.2, 0) is 13.2 Å². The van der Waals surface area contributed by atoms with E-state index >= 15 is 0 Å². The van der Waals surface area contributed by atoms with Crippen molar-refractivity contribution in [2.75, 3.05) is 7.11 Å². The molecule has 2 aromatic rings. The number of nitrogens with two attached hydrogens (primary N) is 1. The van der Waals surface area contributed by atoms with Gasteiger partial charge in [-0.3, -0.25) is 0 Å². The third kappa shape index (κ3) is 3.26. The quantitative estimate of drug-likeness (QED) is 0.895. The third-order valence-electron chi connectivity index (χ3n) is 2.97. The normalized spacial score (nSPS) is 10.3. The van der Waals surface area contributed by atoms with Crippen LogP contribution in [0.2, 0.25) is 0 Å². The van der Waals surface area contributed by atoms with Crippen molar-refractivity contribution < 1.29 is 9.47 Å². The van der Waals surface area contributed by atoms with Gasteiger partial charge in [0.25, 0.3) is 0 Å². The topological polar surface area (TPSA) is 44.5 Å². The van der Waals surface area contributed by atoms with Crippen LogP contribution < -0.4 is 15.2 Å². The molecule has 2 rings (SSSR count). The summed E-state index contributed by atoms with van der Waals surface area (Å²) in [7, 11) is 1.63. The fourth-order valence-corrected chi connectivity index (χ4v) is 2.00. The standard InChI is InChI=1S/C16H19NO2/c1-12-5-3-6-13(9-12)11-19-16-14(10-17)7-4-8-15(16)18-2/h3-9H,10-11,17H2,1-2H3. The second-order valence-corrected chi connectivity index (χ2v) is 4.43. The lowest BCUT2D eigenvalue weighted by Crippen LogP contribution is -2.04. The van der Waals surface area contributed by atoms with Crippen molar-refractivity contribution in [3.05, 3.63) is 59.2 Å². The zero-order chi connectivity index (χ0) is 13.7. The molecule has 0 atom stereocenters. The Kier molecular flexibility index (Phi) is 4.42. The fraction of sp³-hybridized carbons (Fsp3) is 0.250. The van der Waals surface area contributed by atoms with Crippen LogP contribution >= 0.6 is 0 Å². The highest BCUT2D eigenvalue weighted by Gasteiger charge is 2.09. The van der Waals surface area contributed by atoms with E-state index in [0.717, 1.165) is 22.6 Å². The largest absolute Gasteiger partial charge is 0.493 e. The molecule has 2 N–H and O–H groups in total. The summed E-state index contributed by atoms with van der Waals surface area (Å²) < 4.78 is 11.2. The molecule has 3 nitrogen and oxygen atoms in total. The molecule has 0 spiro atoms. The molecule has 0 bridgehead atoms. The molecule has 0 aromatic heterocycles. The lowest BCUT2D eigenvalue weighted by atomic mass is 10.1. The first kappa shape index (κ1) is 13.4. The van der Waals surface area contributed by atoms with Crippen molar-refractivity contribution in [3.8, 4) is 11.5 Å². The van der Waals surface area contributed by atoms with Crippen LogP contribution in [0.1, 0.15) is 16.7 Å². The van der Waals surface area contributed by atoms with Crippen molar-refractivity contribution in [2.45, 2.75) is 20.1 Å². The Morgan fingerprint density at radius 1 is 1.11 bits per heavy atom. The summed E-state index contributed by atoms with van der Waals surface area (Å²) >= 11 is 0. The number of benzene rings is 2. The SMILES string of the molecule is COc1cccc(CN)c1OCc1cccc(C)c1. The van der Waals surface area contributed by atoms with Crippen LogP contribution in [0.25, 0.3) is 0 Å². The van der Waals surface area contributed by atoms with Gasteiger partial charge in [0.05, 0.1) is 7.11 Å². The van der Waals surface area contributed by atoms with E-state index in [4.69, 9.17) is 15.2 Å². The van der Waals surface area contributed by atoms with Crippen LogP contribution in [0.15, 0.2) is 42.5 Å². The van der Waals surface area contributed by atoms with E-state index in [0.29, 0.717) is 13.2 Å². The Bertz CT molecular complexity index is 530. The molecule has 3 heteroatoms. The Morgan fingerprint density at radius 2 is 1.89 bits per heavy atom. The van der Waals surface area contributed by atoms with Crippen molar-refractivity contribution in [1.29, 1.82) is 0 Å². The van der Waals surface area contributed by atoms with Crippen molar-refractivity contribution in [3.63, 3.8) is 0 Å². The molecule has 0 saturated heterocycles. The molecule has 0 aliphatic heterocycles. The van der Waals surface area contributed by atoms with E-state index in [1.807, 2.05) is 30.3 Å². The Labute approximate surface area is 114 Å². The number of hydrogen-bond donors (Lipinski definition) is 1. The molecule has 0 unspecified atom stereocenters. The van der Waals surface area contributed by atoms with Gasteiger partial charge in [-0.05, 0) is 18.6 Å². The first-order valence-electron chi connectivity index (χ1n) is 6.29. The molecular weight excluding hydrogens is 238 g/mol. The highest BCUT2D eigenvalue weighted by molar-refractivity contribution is 5.46. The van der Waals surface area contributed by atoms with Crippen LogP contribution in [0.5, 0.6) is 11.5 Å². The summed E-state index contributed by atoms with van der Waals surface area (Å²) in [4.78, 5) is 0. The van der Waals surface area contributed by atoms with Gasteiger partial charge in [0.15, 0.2) is 11.5 Å². The molecule has 100 valence electrons. The second kappa shape index (κ2) is 6.25. The summed E-state index contributed by atoms with van der Waals surface area (Å²) in [6.07, 6.45) is 0. The van der Waals surface area contributed by atoms with Crippen molar-refractivity contribution in [1.82, 2.24) is 0 Å². The van der Waals surface area contributed by atoms with E-state index in [1.165, 1.54) is 5.56 Å². The number of methoxy groups -OCH3 is 1. The second-order valence-electron chi connectivity index (χ2n) is 4.43. The van der Waals surface area contributed by atoms with E-state index in [1.54, 1.807) is 7.11 Å². The van der Waals surface area contributed by atoms with Crippen LogP contribution in [0.3, 0.4) is 0 Å². The number of aryl methyl sites for hydroxylation is 1. The average Bonchev–Trinajstić information content (AvgIpc) is 2.44. The highest BCUT2D eigenvalue weighted by atomic mass is 16.5. The predicted molar refractivity (Wildman–Crippen MR) is 76.4 cm³/mol. The minimum atomic E-state index is 0.431. The van der Waals surface area contributed by atoms with E-state index in [2.05, 4.69) is 19.1 Å². The molecule has 0 heterocycles. The predicted octanol–water partition coefficient (Wildman–Crippen LogP) is 3.04. The zero-order valence-electron chi connectivity index (χ0n) is 11.3. The van der Waals surface area contributed by atoms with E-state index in [9.17, 15) is 0 Å². The zero-order valence-corrected chi connectivity index (χ0v) is 11.3. The fourth-order valence-electron chi connectivity index (χ4n) is 2.00. The lowest BCUT2D eigenvalue weighted by molar-refractivity contribution is 0.281. The van der Waals surface area contributed by atoms with Gasteiger partial charge < -0.3 is 15.2 Å². The van der Waals surface area contributed by atoms with Gasteiger partial charge in [-0.25, -0.2) is 0 Å². The van der Waals surface area contributed by atoms with E-state index in [-0.39, 0.29) is 0 Å². The first-order chi connectivity index (χ1) is 9.24. The maximum atomic E-state index is 5.89. The summed E-state index contributed by atoms with van der Waals surface area (Å²) in [6.45, 7) is 3.01. The highest BCUT2D eigenvalue weighted by Crippen LogP contribution is 2.31. The summed E-state index contributed by atoms with van der Waals surface area (Å²) in [5.41, 5.74) is 9.04. The smallest absolute Gasteiger partial charge is 0.166 e. The minimum absolute atomic E-state index is 0.431. The summed E-state index contributed by atoms with van der Waals surface area (Å²) in [6, 6.07) is 14.0. The average molecular weight is 257 g/mol. The Morgan fingerprint density at radius 3 is 2.58 bits per heavy atom. The first-order valence-corrected chi connectivity index (χ1v) is 6.29. The van der Waals surface area contributed by atoms with Gasteiger partial charge in [0.1, 0.15) is 6.61 Å². The van der Waals surface area contributed by atoms with Gasteiger partial charge >= 0.3 is 0 Å². The Balaban J connectivity index is 2.19. The summed E-state index contributed by atoms with van der Waals surface area (Å²) in [5, 5.41) is 0. The third-order valence-corrected chi connectivity index (χ3v) is 2.97. The minimum Gasteiger partial charge on any atom is -0.493 e. The van der Waals surface area contributed by atoms with Crippen LogP contribution in [-0.4, -0.2) is 7.11 Å². The number of para-hydroxylation sites is 1. The molecular formula is C16H19NO2. The number of rotatable bonds is 5. The molecule has 0 amide bonds. The van der Waals surface area contributed by atoms with Gasteiger partial charge in [-0.2, -0.15) is 0 Å². The monoisotopic (exact) mass is 257 g/mol. The van der Waals surface area contributed by atoms with Crippen LogP contribution in [0.4, 0.5) is 0 Å². The van der Waals surface area contributed by atoms with Gasteiger partial charge in [-0.1, -0.05) is 42.0 Å².